The first-order valence-electron chi connectivity index (χ1n) is 11.1. The average Bonchev–Trinajstić information content (AvgIpc) is 3.30. The summed E-state index contributed by atoms with van der Waals surface area (Å²) >= 11 is 0. The molecular formula is C24H32N8O. The summed E-state index contributed by atoms with van der Waals surface area (Å²) in [6, 6.07) is 7.90. The van der Waals surface area contributed by atoms with Crippen molar-refractivity contribution in [1.29, 1.82) is 0 Å². The summed E-state index contributed by atoms with van der Waals surface area (Å²) in [5, 5.41) is 7.86. The third-order valence-electron chi connectivity index (χ3n) is 5.87. The maximum absolute atomic E-state index is 6.21. The van der Waals surface area contributed by atoms with Crippen LogP contribution in [0.2, 0.25) is 0 Å². The second-order valence-corrected chi connectivity index (χ2v) is 8.69. The summed E-state index contributed by atoms with van der Waals surface area (Å²) in [7, 11) is 3.90. The topological polar surface area (TPSA) is 106 Å². The molecule has 2 atom stereocenters. The van der Waals surface area contributed by atoms with Crippen LogP contribution in [0.25, 0.3) is 5.52 Å². The molecule has 0 amide bonds. The fourth-order valence-corrected chi connectivity index (χ4v) is 4.35. The van der Waals surface area contributed by atoms with Gasteiger partial charge in [0, 0.05) is 61.5 Å². The Morgan fingerprint density at radius 3 is 2.73 bits per heavy atom. The van der Waals surface area contributed by atoms with Gasteiger partial charge in [0.2, 0.25) is 0 Å². The van der Waals surface area contributed by atoms with Gasteiger partial charge in [-0.2, -0.15) is 5.10 Å². The number of aliphatic imine (C=N–C) groups is 1. The van der Waals surface area contributed by atoms with Gasteiger partial charge in [0.15, 0.2) is 5.82 Å². The summed E-state index contributed by atoms with van der Waals surface area (Å²) in [4.78, 5) is 15.6. The molecule has 0 aromatic carbocycles. The molecule has 1 aliphatic heterocycles. The van der Waals surface area contributed by atoms with E-state index in [2.05, 4.69) is 44.2 Å². The molecule has 0 spiro atoms. The van der Waals surface area contributed by atoms with Crippen molar-refractivity contribution in [3.63, 3.8) is 0 Å². The lowest BCUT2D eigenvalue weighted by Crippen LogP contribution is -2.24. The minimum absolute atomic E-state index is 0.197. The lowest BCUT2D eigenvalue weighted by Gasteiger charge is -2.18. The molecule has 0 aliphatic carbocycles. The Bertz CT molecular complexity index is 1180. The van der Waals surface area contributed by atoms with Crippen LogP contribution in [-0.2, 0) is 4.74 Å². The molecule has 1 aliphatic rings. The van der Waals surface area contributed by atoms with E-state index in [9.17, 15) is 0 Å². The number of anilines is 2. The smallest absolute Gasteiger partial charge is 0.154 e. The highest BCUT2D eigenvalue weighted by molar-refractivity contribution is 6.13. The molecule has 0 radical (unpaired) electrons. The van der Waals surface area contributed by atoms with Crippen LogP contribution in [0, 0.1) is 19.8 Å². The Labute approximate surface area is 194 Å². The lowest BCUT2D eigenvalue weighted by atomic mass is 10.0. The summed E-state index contributed by atoms with van der Waals surface area (Å²) in [5.74, 6) is 2.63. The fourth-order valence-electron chi connectivity index (χ4n) is 4.35. The molecule has 9 nitrogen and oxygen atoms in total. The zero-order chi connectivity index (χ0) is 23.5. The molecule has 4 heterocycles. The van der Waals surface area contributed by atoms with Crippen LogP contribution in [0.4, 0.5) is 11.6 Å². The van der Waals surface area contributed by atoms with E-state index in [1.54, 1.807) is 13.2 Å². The normalized spacial score (nSPS) is 20.0. The molecule has 3 N–H and O–H groups in total. The first-order valence-corrected chi connectivity index (χ1v) is 11.1. The molecule has 1 fully saturated rings. The van der Waals surface area contributed by atoms with Crippen molar-refractivity contribution in [3.05, 3.63) is 59.3 Å². The van der Waals surface area contributed by atoms with Gasteiger partial charge in [-0.25, -0.2) is 14.5 Å². The highest BCUT2D eigenvalue weighted by Gasteiger charge is 2.28. The van der Waals surface area contributed by atoms with E-state index in [4.69, 9.17) is 10.5 Å². The second-order valence-electron chi connectivity index (χ2n) is 8.69. The lowest BCUT2D eigenvalue weighted by molar-refractivity contribution is 0.0565. The molecule has 0 saturated carbocycles. The third kappa shape index (κ3) is 5.20. The summed E-state index contributed by atoms with van der Waals surface area (Å²) in [6.07, 6.45) is 3.71. The van der Waals surface area contributed by atoms with Gasteiger partial charge in [-0.1, -0.05) is 6.92 Å². The van der Waals surface area contributed by atoms with Crippen molar-refractivity contribution in [3.8, 4) is 0 Å². The number of likely N-dealkylation sites (N-methyl/N-ethyl adjacent to an activating group) is 1. The van der Waals surface area contributed by atoms with E-state index in [0.29, 0.717) is 24.2 Å². The fraction of sp³-hybridized carbons (Fsp3) is 0.417. The molecule has 3 aromatic rings. The van der Waals surface area contributed by atoms with Crippen LogP contribution in [-0.4, -0.2) is 70.1 Å². The second kappa shape index (κ2) is 9.68. The van der Waals surface area contributed by atoms with E-state index < -0.39 is 0 Å². The molecule has 3 aromatic heterocycles. The van der Waals surface area contributed by atoms with Crippen LogP contribution in [0.1, 0.15) is 24.0 Å². The Balaban J connectivity index is 1.52. The Kier molecular flexibility index (Phi) is 6.71. The molecule has 33 heavy (non-hydrogen) atoms. The predicted octanol–water partition coefficient (Wildman–Crippen LogP) is 2.71. The van der Waals surface area contributed by atoms with Gasteiger partial charge >= 0.3 is 0 Å². The molecule has 0 bridgehead atoms. The van der Waals surface area contributed by atoms with Crippen molar-refractivity contribution in [2.45, 2.75) is 26.9 Å². The quantitative estimate of drug-likeness (QED) is 0.535. The molecule has 9 heteroatoms. The number of hydrogen-bond acceptors (Lipinski definition) is 8. The van der Waals surface area contributed by atoms with E-state index in [1.165, 1.54) is 0 Å². The first-order chi connectivity index (χ1) is 15.9. The average molecular weight is 449 g/mol. The van der Waals surface area contributed by atoms with E-state index in [0.717, 1.165) is 47.0 Å². The number of hydrogen-bond donors (Lipinski definition) is 2. The number of nitrogens with zero attached hydrogens (tertiary/aromatic N) is 6. The number of fused-ring (bicyclic) bond motifs is 1. The minimum Gasteiger partial charge on any atom is -0.404 e. The van der Waals surface area contributed by atoms with Crippen LogP contribution < -0.4 is 11.1 Å². The molecule has 1 saturated heterocycles. The van der Waals surface area contributed by atoms with Gasteiger partial charge in [-0.3, -0.25) is 4.99 Å². The number of nitrogens with one attached hydrogen (secondary N) is 1. The van der Waals surface area contributed by atoms with Gasteiger partial charge < -0.3 is 20.7 Å². The number of rotatable bonds is 7. The van der Waals surface area contributed by atoms with Crippen molar-refractivity contribution in [2.75, 3.05) is 39.1 Å². The van der Waals surface area contributed by atoms with Gasteiger partial charge in [0.05, 0.1) is 23.9 Å². The van der Waals surface area contributed by atoms with Crippen LogP contribution in [0.15, 0.2) is 47.2 Å². The third-order valence-corrected chi connectivity index (χ3v) is 5.87. The first kappa shape index (κ1) is 22.9. The Hall–Kier alpha value is -3.30. The zero-order valence-corrected chi connectivity index (χ0v) is 19.9. The number of ether oxygens (including phenoxy) is 1. The van der Waals surface area contributed by atoms with E-state index in [1.807, 2.05) is 48.8 Å². The van der Waals surface area contributed by atoms with Crippen LogP contribution >= 0.6 is 0 Å². The van der Waals surface area contributed by atoms with Crippen LogP contribution in [0.3, 0.4) is 0 Å². The summed E-state index contributed by atoms with van der Waals surface area (Å²) < 4.78 is 8.03. The number of aryl methyl sites for hydroxylation is 2. The number of aromatic nitrogens is 4. The largest absolute Gasteiger partial charge is 0.404 e. The summed E-state index contributed by atoms with van der Waals surface area (Å²) in [6.45, 7) is 8.44. The van der Waals surface area contributed by atoms with E-state index >= 15 is 0 Å². The Morgan fingerprint density at radius 1 is 1.24 bits per heavy atom. The maximum atomic E-state index is 6.21. The highest BCUT2D eigenvalue weighted by Crippen LogP contribution is 2.21. The molecule has 0 unspecified atom stereocenters. The van der Waals surface area contributed by atoms with Gasteiger partial charge in [0.1, 0.15) is 11.6 Å². The monoisotopic (exact) mass is 448 g/mol. The van der Waals surface area contributed by atoms with Crippen molar-refractivity contribution in [1.82, 2.24) is 24.5 Å². The number of likely N-dealkylation sites (tertiary alicyclic amines) is 1. The van der Waals surface area contributed by atoms with Crippen molar-refractivity contribution in [2.24, 2.45) is 16.6 Å². The van der Waals surface area contributed by atoms with Crippen molar-refractivity contribution < 1.29 is 4.74 Å². The molecular weight excluding hydrogens is 416 g/mol. The summed E-state index contributed by atoms with van der Waals surface area (Å²) in [5.41, 5.74) is 10.5. The SMILES string of the molecule is CN=C(/C(=C/N)CO[C@@H]1CN(C)C[C@@H]1C)c1ccn2nc(Nc3cc(C)nc(C)n3)cc2c1. The molecule has 174 valence electrons. The van der Waals surface area contributed by atoms with Crippen LogP contribution in [0.5, 0.6) is 0 Å². The maximum Gasteiger partial charge on any atom is 0.154 e. The van der Waals surface area contributed by atoms with Crippen molar-refractivity contribution >= 4 is 22.9 Å². The minimum atomic E-state index is 0.197. The standard InChI is InChI=1S/C24H32N8O/c1-15-12-31(5)13-21(15)33-14-19(11-25)24(26-4)18-6-7-32-20(9-18)10-23(30-32)29-22-8-16(2)27-17(3)28-22/h6-11,15,21H,12-14,25H2,1-5H3,(H,27,28,29,30)/b19-11+,26-24?/t15-,21+/m0/s1. The van der Waals surface area contributed by atoms with Gasteiger partial charge in [-0.15, -0.1) is 0 Å². The predicted molar refractivity (Wildman–Crippen MR) is 131 cm³/mol. The van der Waals surface area contributed by atoms with Gasteiger partial charge in [0.25, 0.3) is 0 Å². The Morgan fingerprint density at radius 2 is 2.06 bits per heavy atom. The van der Waals surface area contributed by atoms with E-state index in [-0.39, 0.29) is 6.10 Å². The zero-order valence-electron chi connectivity index (χ0n) is 19.9. The number of nitrogens with two attached hydrogens (primary N) is 1. The highest BCUT2D eigenvalue weighted by atomic mass is 16.5. The number of pyridine rings is 1. The van der Waals surface area contributed by atoms with Gasteiger partial charge in [-0.05, 0) is 38.9 Å². The molecule has 4 rings (SSSR count).